The molecule has 1 spiro atoms. The summed E-state index contributed by atoms with van der Waals surface area (Å²) >= 11 is 0. The number of rotatable bonds is 2. The molecule has 0 bridgehead atoms. The molecule has 0 aromatic heterocycles. The van der Waals surface area contributed by atoms with Gasteiger partial charge in [-0.05, 0) is 12.1 Å². The van der Waals surface area contributed by atoms with Crippen LogP contribution in [0.3, 0.4) is 0 Å². The Bertz CT molecular complexity index is 490. The molecular weight excluding hydrogens is 287 g/mol. The monoisotopic (exact) mass is 303 g/mol. The highest BCUT2D eigenvalue weighted by molar-refractivity contribution is 5.51. The highest BCUT2D eigenvalue weighted by Gasteiger charge is 2.40. The van der Waals surface area contributed by atoms with Crippen LogP contribution in [0.1, 0.15) is 12.8 Å². The summed E-state index contributed by atoms with van der Waals surface area (Å²) in [5.74, 6) is -0.690. The molecule has 4 nitrogen and oxygen atoms in total. The average Bonchev–Trinajstić information content (AvgIpc) is 2.86. The summed E-state index contributed by atoms with van der Waals surface area (Å²) in [6.45, 7) is 2.56. The van der Waals surface area contributed by atoms with Crippen LogP contribution in [0, 0.1) is 0 Å². The van der Waals surface area contributed by atoms with Crippen LogP contribution < -0.4 is 9.64 Å². The Kier molecular flexibility index (Phi) is 3.71. The third kappa shape index (κ3) is 3.41. The molecule has 0 radical (unpaired) electrons. The van der Waals surface area contributed by atoms with Gasteiger partial charge in [0.2, 0.25) is 0 Å². The first kappa shape index (κ1) is 14.5. The lowest BCUT2D eigenvalue weighted by Gasteiger charge is -2.38. The van der Waals surface area contributed by atoms with Gasteiger partial charge in [0.05, 0.1) is 13.2 Å². The fraction of sp³-hybridized carbons (Fsp3) is 0.571. The van der Waals surface area contributed by atoms with Gasteiger partial charge in [0.15, 0.2) is 5.79 Å². The summed E-state index contributed by atoms with van der Waals surface area (Å²) in [7, 11) is 0. The molecule has 2 fully saturated rings. The standard InChI is InChI=1S/C14H16F3NO3/c15-14(16,17)21-12-3-1-2-11(10-12)18-6-4-13(5-7-18)19-8-9-20-13/h1-3,10H,4-9H2. The van der Waals surface area contributed by atoms with Gasteiger partial charge in [-0.2, -0.15) is 0 Å². The van der Waals surface area contributed by atoms with E-state index in [1.807, 2.05) is 4.90 Å². The van der Waals surface area contributed by atoms with Gasteiger partial charge in [-0.15, -0.1) is 13.2 Å². The number of ether oxygens (including phenoxy) is 3. The maximum absolute atomic E-state index is 12.2. The van der Waals surface area contributed by atoms with Crippen LogP contribution >= 0.6 is 0 Å². The van der Waals surface area contributed by atoms with Crippen molar-refractivity contribution in [1.82, 2.24) is 0 Å². The molecule has 0 aliphatic carbocycles. The van der Waals surface area contributed by atoms with Crippen molar-refractivity contribution in [3.63, 3.8) is 0 Å². The van der Waals surface area contributed by atoms with Crippen molar-refractivity contribution in [1.29, 1.82) is 0 Å². The molecule has 0 atom stereocenters. The zero-order chi connectivity index (χ0) is 14.9. The summed E-state index contributed by atoms with van der Waals surface area (Å²) in [5.41, 5.74) is 0.713. The zero-order valence-electron chi connectivity index (χ0n) is 11.4. The van der Waals surface area contributed by atoms with E-state index in [0.717, 1.165) is 0 Å². The summed E-state index contributed by atoms with van der Waals surface area (Å²) in [6, 6.07) is 6.04. The Balaban J connectivity index is 1.66. The number of hydrogen-bond acceptors (Lipinski definition) is 4. The predicted octanol–water partition coefficient (Wildman–Crippen LogP) is 2.93. The number of piperidine rings is 1. The highest BCUT2D eigenvalue weighted by Crippen LogP contribution is 2.34. The quantitative estimate of drug-likeness (QED) is 0.840. The molecule has 116 valence electrons. The van der Waals surface area contributed by atoms with Crippen molar-refractivity contribution < 1.29 is 27.4 Å². The first-order valence-corrected chi connectivity index (χ1v) is 6.85. The predicted molar refractivity (Wildman–Crippen MR) is 69.2 cm³/mol. The SMILES string of the molecule is FC(F)(F)Oc1cccc(N2CCC3(CC2)OCCO3)c1. The van der Waals surface area contributed by atoms with Crippen molar-refractivity contribution in [2.75, 3.05) is 31.2 Å². The molecule has 1 aromatic carbocycles. The summed E-state index contributed by atoms with van der Waals surface area (Å²) < 4.78 is 52.0. The Morgan fingerprint density at radius 2 is 1.76 bits per heavy atom. The van der Waals surface area contributed by atoms with E-state index in [-0.39, 0.29) is 5.75 Å². The fourth-order valence-corrected chi connectivity index (χ4v) is 2.77. The molecule has 21 heavy (non-hydrogen) atoms. The van der Waals surface area contributed by atoms with Crippen molar-refractivity contribution in [2.45, 2.75) is 25.0 Å². The summed E-state index contributed by atoms with van der Waals surface area (Å²) in [6.07, 6.45) is -3.26. The van der Waals surface area contributed by atoms with Crippen LogP contribution in [0.25, 0.3) is 0 Å². The third-order valence-corrected chi connectivity index (χ3v) is 3.76. The van der Waals surface area contributed by atoms with Gasteiger partial charge in [-0.1, -0.05) is 6.07 Å². The van der Waals surface area contributed by atoms with Gasteiger partial charge < -0.3 is 19.1 Å². The van der Waals surface area contributed by atoms with E-state index in [4.69, 9.17) is 9.47 Å². The van der Waals surface area contributed by atoms with E-state index in [1.165, 1.54) is 12.1 Å². The molecule has 2 heterocycles. The Labute approximate surface area is 120 Å². The largest absolute Gasteiger partial charge is 0.573 e. The van der Waals surface area contributed by atoms with E-state index in [9.17, 15) is 13.2 Å². The number of halogens is 3. The van der Waals surface area contributed by atoms with Crippen LogP contribution in [0.4, 0.5) is 18.9 Å². The van der Waals surface area contributed by atoms with Gasteiger partial charge in [-0.3, -0.25) is 0 Å². The fourth-order valence-electron chi connectivity index (χ4n) is 2.77. The number of hydrogen-bond donors (Lipinski definition) is 0. The number of alkyl halides is 3. The van der Waals surface area contributed by atoms with Crippen LogP contribution in [0.2, 0.25) is 0 Å². The van der Waals surface area contributed by atoms with Crippen molar-refractivity contribution in [3.8, 4) is 5.75 Å². The topological polar surface area (TPSA) is 30.9 Å². The second kappa shape index (κ2) is 5.38. The first-order chi connectivity index (χ1) is 9.96. The number of benzene rings is 1. The number of nitrogens with zero attached hydrogens (tertiary/aromatic N) is 1. The second-order valence-electron chi connectivity index (χ2n) is 5.14. The van der Waals surface area contributed by atoms with Gasteiger partial charge in [-0.25, -0.2) is 0 Å². The van der Waals surface area contributed by atoms with E-state index in [1.54, 1.807) is 12.1 Å². The van der Waals surface area contributed by atoms with Gasteiger partial charge in [0, 0.05) is 37.7 Å². The lowest BCUT2D eigenvalue weighted by atomic mass is 10.0. The maximum Gasteiger partial charge on any atom is 0.573 e. The molecule has 2 aliphatic heterocycles. The summed E-state index contributed by atoms with van der Waals surface area (Å²) in [5, 5.41) is 0. The molecule has 0 N–H and O–H groups in total. The molecule has 3 rings (SSSR count). The van der Waals surface area contributed by atoms with Gasteiger partial charge in [0.25, 0.3) is 0 Å². The van der Waals surface area contributed by atoms with Crippen molar-refractivity contribution in [3.05, 3.63) is 24.3 Å². The summed E-state index contributed by atoms with van der Waals surface area (Å²) in [4.78, 5) is 2.01. The maximum atomic E-state index is 12.2. The number of anilines is 1. The Hall–Kier alpha value is -1.47. The Morgan fingerprint density at radius 3 is 2.38 bits per heavy atom. The second-order valence-corrected chi connectivity index (χ2v) is 5.14. The molecule has 1 aromatic rings. The highest BCUT2D eigenvalue weighted by atomic mass is 19.4. The molecule has 0 amide bonds. The molecular formula is C14H16F3NO3. The van der Waals surface area contributed by atoms with E-state index in [2.05, 4.69) is 4.74 Å². The lowest BCUT2D eigenvalue weighted by Crippen LogP contribution is -2.45. The average molecular weight is 303 g/mol. The normalized spacial score (nSPS) is 21.8. The zero-order valence-corrected chi connectivity index (χ0v) is 11.4. The van der Waals surface area contributed by atoms with Crippen molar-refractivity contribution >= 4 is 5.69 Å². The van der Waals surface area contributed by atoms with Crippen LogP contribution in [0.5, 0.6) is 5.75 Å². The minimum absolute atomic E-state index is 0.200. The van der Waals surface area contributed by atoms with Crippen molar-refractivity contribution in [2.24, 2.45) is 0 Å². The van der Waals surface area contributed by atoms with Crippen LogP contribution in [-0.2, 0) is 9.47 Å². The van der Waals surface area contributed by atoms with Crippen LogP contribution in [0.15, 0.2) is 24.3 Å². The van der Waals surface area contributed by atoms with Crippen LogP contribution in [-0.4, -0.2) is 38.5 Å². The molecule has 0 saturated carbocycles. The third-order valence-electron chi connectivity index (χ3n) is 3.76. The Morgan fingerprint density at radius 1 is 1.10 bits per heavy atom. The van der Waals surface area contributed by atoms with E-state index in [0.29, 0.717) is 44.8 Å². The van der Waals surface area contributed by atoms with Gasteiger partial charge in [0.1, 0.15) is 5.75 Å². The smallest absolute Gasteiger partial charge is 0.406 e. The molecule has 2 saturated heterocycles. The van der Waals surface area contributed by atoms with E-state index >= 15 is 0 Å². The van der Waals surface area contributed by atoms with Gasteiger partial charge >= 0.3 is 6.36 Å². The lowest BCUT2D eigenvalue weighted by molar-refractivity contribution is -0.274. The first-order valence-electron chi connectivity index (χ1n) is 6.85. The minimum atomic E-state index is -4.67. The molecule has 2 aliphatic rings. The molecule has 7 heteroatoms. The minimum Gasteiger partial charge on any atom is -0.406 e. The van der Waals surface area contributed by atoms with E-state index < -0.39 is 12.1 Å². The molecule has 0 unspecified atom stereocenters.